The molecular weight excluding hydrogens is 314 g/mol. The van der Waals surface area contributed by atoms with Gasteiger partial charge in [-0.2, -0.15) is 0 Å². The number of thiazole rings is 1. The highest BCUT2D eigenvalue weighted by molar-refractivity contribution is 7.17. The summed E-state index contributed by atoms with van der Waals surface area (Å²) in [4.78, 5) is 26.9. The molecule has 0 aliphatic heterocycles. The van der Waals surface area contributed by atoms with Gasteiger partial charge in [-0.15, -0.1) is 0 Å². The Hall–Kier alpha value is -2.61. The minimum Gasteiger partial charge on any atom is -0.465 e. The number of ether oxygens (including phenoxy) is 1. The van der Waals surface area contributed by atoms with Gasteiger partial charge >= 0.3 is 5.97 Å². The zero-order valence-electron chi connectivity index (χ0n) is 11.3. The van der Waals surface area contributed by atoms with Crippen molar-refractivity contribution < 1.29 is 23.1 Å². The van der Waals surface area contributed by atoms with Crippen molar-refractivity contribution in [2.45, 2.75) is 0 Å². The summed E-state index contributed by atoms with van der Waals surface area (Å²) in [7, 11) is 1.23. The number of halogens is 2. The zero-order chi connectivity index (χ0) is 16.1. The average Bonchev–Trinajstić information content (AvgIpc) is 2.94. The molecule has 0 fully saturated rings. The van der Waals surface area contributed by atoms with Gasteiger partial charge in [-0.05, 0) is 18.2 Å². The second-order valence-electron chi connectivity index (χ2n) is 3.98. The maximum atomic E-state index is 13.4. The molecule has 0 bridgehead atoms. The third kappa shape index (κ3) is 3.73. The molecule has 0 unspecified atom stereocenters. The molecule has 0 saturated heterocycles. The minimum atomic E-state index is -0.772. The van der Waals surface area contributed by atoms with Gasteiger partial charge in [0.25, 0.3) is 0 Å². The fourth-order valence-corrected chi connectivity index (χ4v) is 2.24. The van der Waals surface area contributed by atoms with E-state index in [1.54, 1.807) is 0 Å². The lowest BCUT2D eigenvalue weighted by Crippen LogP contribution is -2.07. The number of carbonyl (C=O) groups is 2. The monoisotopic (exact) mass is 324 g/mol. The molecule has 1 heterocycles. The standard InChI is InChI=1S/C14H10F2N2O3S/c1-21-13(20)11-7-17-14(22-11)18-12(19)6-5-8-9(15)3-2-4-10(8)16/h2-7H,1H3,(H,17,18,19)/b6-5+. The number of nitrogens with one attached hydrogen (secondary N) is 1. The van der Waals surface area contributed by atoms with Crippen molar-refractivity contribution in [2.24, 2.45) is 0 Å². The Balaban J connectivity index is 2.05. The first-order chi connectivity index (χ1) is 10.5. The number of nitrogens with zero attached hydrogens (tertiary/aromatic N) is 1. The van der Waals surface area contributed by atoms with Crippen molar-refractivity contribution in [2.75, 3.05) is 12.4 Å². The van der Waals surface area contributed by atoms with Crippen LogP contribution in [0.3, 0.4) is 0 Å². The summed E-state index contributed by atoms with van der Waals surface area (Å²) >= 11 is 0.922. The van der Waals surface area contributed by atoms with Crippen LogP contribution in [-0.4, -0.2) is 24.0 Å². The van der Waals surface area contributed by atoms with Crippen molar-refractivity contribution >= 4 is 34.4 Å². The first kappa shape index (κ1) is 15.8. The van der Waals surface area contributed by atoms with E-state index in [9.17, 15) is 18.4 Å². The van der Waals surface area contributed by atoms with Gasteiger partial charge in [0, 0.05) is 11.6 Å². The van der Waals surface area contributed by atoms with E-state index in [4.69, 9.17) is 0 Å². The Morgan fingerprint density at radius 3 is 2.64 bits per heavy atom. The van der Waals surface area contributed by atoms with E-state index >= 15 is 0 Å². The first-order valence-corrected chi connectivity index (χ1v) is 6.80. The summed E-state index contributed by atoms with van der Waals surface area (Å²) in [5, 5.41) is 2.55. The summed E-state index contributed by atoms with van der Waals surface area (Å²) in [5.41, 5.74) is -0.313. The fourth-order valence-electron chi connectivity index (χ4n) is 1.50. The van der Waals surface area contributed by atoms with E-state index in [1.165, 1.54) is 19.4 Å². The third-order valence-electron chi connectivity index (χ3n) is 2.52. The van der Waals surface area contributed by atoms with Crippen LogP contribution in [0.1, 0.15) is 15.2 Å². The average molecular weight is 324 g/mol. The van der Waals surface area contributed by atoms with Gasteiger partial charge in [0.15, 0.2) is 5.13 Å². The lowest BCUT2D eigenvalue weighted by Gasteiger charge is -1.99. The van der Waals surface area contributed by atoms with Crippen LogP contribution in [0.4, 0.5) is 13.9 Å². The topological polar surface area (TPSA) is 68.3 Å². The molecule has 5 nitrogen and oxygen atoms in total. The molecule has 0 spiro atoms. The largest absolute Gasteiger partial charge is 0.465 e. The summed E-state index contributed by atoms with van der Waals surface area (Å²) in [6.07, 6.45) is 3.25. The van der Waals surface area contributed by atoms with Crippen molar-refractivity contribution in [1.29, 1.82) is 0 Å². The number of amides is 1. The maximum absolute atomic E-state index is 13.4. The number of carbonyl (C=O) groups excluding carboxylic acids is 2. The van der Waals surface area contributed by atoms with Gasteiger partial charge in [0.1, 0.15) is 16.5 Å². The normalized spacial score (nSPS) is 10.7. The number of rotatable bonds is 4. The summed E-state index contributed by atoms with van der Waals surface area (Å²) < 4.78 is 31.3. The number of hydrogen-bond donors (Lipinski definition) is 1. The lowest BCUT2D eigenvalue weighted by molar-refractivity contribution is -0.111. The van der Waals surface area contributed by atoms with Crippen LogP contribution in [0.25, 0.3) is 6.08 Å². The molecule has 0 saturated carbocycles. The van der Waals surface area contributed by atoms with Gasteiger partial charge in [-0.3, -0.25) is 10.1 Å². The Bertz CT molecular complexity index is 723. The van der Waals surface area contributed by atoms with Crippen LogP contribution in [-0.2, 0) is 9.53 Å². The molecule has 2 aromatic rings. The molecule has 8 heteroatoms. The van der Waals surface area contributed by atoms with Gasteiger partial charge in [-0.25, -0.2) is 18.6 Å². The van der Waals surface area contributed by atoms with Crippen molar-refractivity contribution in [3.05, 3.63) is 52.5 Å². The molecule has 114 valence electrons. The van der Waals surface area contributed by atoms with E-state index in [2.05, 4.69) is 15.0 Å². The van der Waals surface area contributed by atoms with Crippen molar-refractivity contribution in [3.63, 3.8) is 0 Å². The molecule has 22 heavy (non-hydrogen) atoms. The molecule has 2 rings (SSSR count). The minimum absolute atomic E-state index is 0.170. The summed E-state index contributed by atoms with van der Waals surface area (Å²) in [5.74, 6) is -2.74. The van der Waals surface area contributed by atoms with E-state index < -0.39 is 23.5 Å². The Morgan fingerprint density at radius 2 is 2.00 bits per heavy atom. The van der Waals surface area contributed by atoms with Crippen LogP contribution >= 0.6 is 11.3 Å². The Labute approximate surface area is 128 Å². The van der Waals surface area contributed by atoms with Crippen LogP contribution in [0.2, 0.25) is 0 Å². The number of esters is 1. The molecule has 0 aliphatic carbocycles. The molecule has 0 radical (unpaired) electrons. The Morgan fingerprint density at radius 1 is 1.32 bits per heavy atom. The second kappa shape index (κ2) is 6.90. The predicted octanol–water partition coefficient (Wildman–Crippen LogP) is 2.86. The maximum Gasteiger partial charge on any atom is 0.349 e. The van der Waals surface area contributed by atoms with E-state index in [0.29, 0.717) is 0 Å². The quantitative estimate of drug-likeness (QED) is 0.693. The van der Waals surface area contributed by atoms with Gasteiger partial charge in [-0.1, -0.05) is 17.4 Å². The van der Waals surface area contributed by atoms with Crippen LogP contribution in [0, 0.1) is 11.6 Å². The lowest BCUT2D eigenvalue weighted by atomic mass is 10.2. The van der Waals surface area contributed by atoms with Crippen LogP contribution < -0.4 is 5.32 Å². The van der Waals surface area contributed by atoms with Gasteiger partial charge in [0.05, 0.1) is 13.3 Å². The van der Waals surface area contributed by atoms with Crippen LogP contribution in [0.15, 0.2) is 30.5 Å². The number of aromatic nitrogens is 1. The SMILES string of the molecule is COC(=O)c1cnc(NC(=O)/C=C/c2c(F)cccc2F)s1. The van der Waals surface area contributed by atoms with Gasteiger partial charge < -0.3 is 4.74 Å². The predicted molar refractivity (Wildman–Crippen MR) is 77.5 cm³/mol. The number of anilines is 1. The van der Waals surface area contributed by atoms with Gasteiger partial charge in [0.2, 0.25) is 5.91 Å². The molecule has 1 aromatic heterocycles. The Kier molecular flexibility index (Phi) is 4.95. The molecular formula is C14H10F2N2O3S. The molecule has 1 N–H and O–H groups in total. The number of hydrogen-bond acceptors (Lipinski definition) is 5. The fraction of sp³-hybridized carbons (Fsp3) is 0.0714. The first-order valence-electron chi connectivity index (χ1n) is 5.98. The summed E-state index contributed by atoms with van der Waals surface area (Å²) in [6, 6.07) is 3.40. The third-order valence-corrected chi connectivity index (χ3v) is 3.42. The van der Waals surface area contributed by atoms with Crippen molar-refractivity contribution in [1.82, 2.24) is 4.98 Å². The van der Waals surface area contributed by atoms with E-state index in [-0.39, 0.29) is 15.6 Å². The summed E-state index contributed by atoms with van der Waals surface area (Å²) in [6.45, 7) is 0. The number of benzene rings is 1. The highest BCUT2D eigenvalue weighted by Gasteiger charge is 2.11. The highest BCUT2D eigenvalue weighted by atomic mass is 32.1. The van der Waals surface area contributed by atoms with E-state index in [0.717, 1.165) is 35.6 Å². The van der Waals surface area contributed by atoms with E-state index in [1.807, 2.05) is 0 Å². The zero-order valence-corrected chi connectivity index (χ0v) is 12.1. The highest BCUT2D eigenvalue weighted by Crippen LogP contribution is 2.19. The number of methoxy groups -OCH3 is 1. The van der Waals surface area contributed by atoms with Crippen molar-refractivity contribution in [3.8, 4) is 0 Å². The van der Waals surface area contributed by atoms with Crippen LogP contribution in [0.5, 0.6) is 0 Å². The molecule has 0 atom stereocenters. The second-order valence-corrected chi connectivity index (χ2v) is 5.01. The molecule has 0 aliphatic rings. The molecule has 1 aromatic carbocycles. The smallest absolute Gasteiger partial charge is 0.349 e. The molecule has 1 amide bonds.